The molecule has 0 atom stereocenters. The fourth-order valence-electron chi connectivity index (χ4n) is 3.33. The number of rotatable bonds is 4. The van der Waals surface area contributed by atoms with Crippen molar-refractivity contribution < 1.29 is 9.53 Å². The molecule has 7 heteroatoms. The van der Waals surface area contributed by atoms with E-state index < -0.39 is 0 Å². The Morgan fingerprint density at radius 2 is 1.87 bits per heavy atom. The number of hydrogen-bond donors (Lipinski definition) is 2. The Hall–Kier alpha value is -3.90. The van der Waals surface area contributed by atoms with E-state index in [1.165, 1.54) is 6.33 Å². The molecule has 1 amide bonds. The summed E-state index contributed by atoms with van der Waals surface area (Å²) >= 11 is 6.01. The smallest absolute Gasteiger partial charge is 0.256 e. The first-order valence-electron chi connectivity index (χ1n) is 9.23. The summed E-state index contributed by atoms with van der Waals surface area (Å²) in [6, 6.07) is 20.1. The van der Waals surface area contributed by atoms with Crippen LogP contribution in [0.3, 0.4) is 0 Å². The second-order valence-corrected chi connectivity index (χ2v) is 7.11. The molecule has 0 saturated heterocycles. The molecule has 146 valence electrons. The van der Waals surface area contributed by atoms with Crippen molar-refractivity contribution in [2.75, 3.05) is 5.32 Å². The molecule has 0 bridgehead atoms. The lowest BCUT2D eigenvalue weighted by atomic mass is 10.0. The van der Waals surface area contributed by atoms with Crippen LogP contribution in [-0.4, -0.2) is 20.9 Å². The van der Waals surface area contributed by atoms with Crippen molar-refractivity contribution in [2.24, 2.45) is 0 Å². The number of anilines is 1. The third-order valence-electron chi connectivity index (χ3n) is 4.71. The third-order valence-corrected chi connectivity index (χ3v) is 4.95. The second-order valence-electron chi connectivity index (χ2n) is 6.67. The summed E-state index contributed by atoms with van der Waals surface area (Å²) in [5, 5.41) is 5.95. The molecule has 0 aliphatic rings. The highest BCUT2D eigenvalue weighted by atomic mass is 35.5. The average molecular weight is 415 g/mol. The van der Waals surface area contributed by atoms with Gasteiger partial charge in [0.05, 0.1) is 5.39 Å². The largest absolute Gasteiger partial charge is 0.438 e. The summed E-state index contributed by atoms with van der Waals surface area (Å²) in [5.74, 6) is 0.882. The van der Waals surface area contributed by atoms with Crippen LogP contribution in [0.4, 0.5) is 5.69 Å². The number of aromatic nitrogens is 3. The molecule has 2 aromatic heterocycles. The first kappa shape index (κ1) is 18.1. The summed E-state index contributed by atoms with van der Waals surface area (Å²) in [5.41, 5.74) is 1.92. The van der Waals surface area contributed by atoms with Gasteiger partial charge in [0.25, 0.3) is 5.91 Å². The molecule has 0 saturated carbocycles. The molecule has 0 unspecified atom stereocenters. The molecule has 2 heterocycles. The quantitative estimate of drug-likeness (QED) is 0.389. The van der Waals surface area contributed by atoms with Gasteiger partial charge in [-0.3, -0.25) is 4.79 Å². The van der Waals surface area contributed by atoms with Crippen LogP contribution in [0.1, 0.15) is 10.4 Å². The van der Waals surface area contributed by atoms with Gasteiger partial charge < -0.3 is 15.0 Å². The van der Waals surface area contributed by atoms with Crippen LogP contribution in [0.15, 0.2) is 79.3 Å². The Labute approximate surface area is 176 Å². The summed E-state index contributed by atoms with van der Waals surface area (Å²) in [6.07, 6.45) is 3.24. The van der Waals surface area contributed by atoms with E-state index >= 15 is 0 Å². The molecule has 0 radical (unpaired) electrons. The Bertz CT molecular complexity index is 1400. The van der Waals surface area contributed by atoms with Gasteiger partial charge in [-0.25, -0.2) is 9.97 Å². The van der Waals surface area contributed by atoms with Crippen LogP contribution in [0, 0.1) is 0 Å². The molecule has 6 nitrogen and oxygen atoms in total. The zero-order valence-electron chi connectivity index (χ0n) is 15.6. The topological polar surface area (TPSA) is 79.9 Å². The maximum absolute atomic E-state index is 12.8. The van der Waals surface area contributed by atoms with Crippen molar-refractivity contribution in [2.45, 2.75) is 0 Å². The van der Waals surface area contributed by atoms with Gasteiger partial charge in [-0.05, 0) is 59.3 Å². The second kappa shape index (κ2) is 7.50. The van der Waals surface area contributed by atoms with Gasteiger partial charge in [0, 0.05) is 22.5 Å². The molecule has 5 rings (SSSR count). The van der Waals surface area contributed by atoms with Gasteiger partial charge in [0.15, 0.2) is 0 Å². The third kappa shape index (κ3) is 3.44. The summed E-state index contributed by atoms with van der Waals surface area (Å²) in [6.45, 7) is 0. The van der Waals surface area contributed by atoms with E-state index in [0.717, 1.165) is 16.2 Å². The van der Waals surface area contributed by atoms with E-state index in [1.54, 1.807) is 36.5 Å². The van der Waals surface area contributed by atoms with E-state index in [-0.39, 0.29) is 5.91 Å². The van der Waals surface area contributed by atoms with E-state index in [0.29, 0.717) is 33.6 Å². The predicted octanol–water partition coefficient (Wildman–Crippen LogP) is 5.81. The molecule has 0 aliphatic heterocycles. The molecular weight excluding hydrogens is 400 g/mol. The van der Waals surface area contributed by atoms with Gasteiger partial charge in [-0.2, -0.15) is 0 Å². The zero-order chi connectivity index (χ0) is 20.5. The number of aromatic amines is 1. The lowest BCUT2D eigenvalue weighted by molar-refractivity contribution is 0.102. The standard InChI is InChI=1S/C23H15ClN4O2/c24-15-4-2-5-16(12-15)28-22(29)19-6-1-3-14-11-17(7-8-18(14)19)30-23-20-9-10-25-21(20)26-13-27-23/h1-13H,(H,28,29)(H,25,26,27). The molecule has 2 N–H and O–H groups in total. The number of halogens is 1. The van der Waals surface area contributed by atoms with Crippen LogP contribution < -0.4 is 10.1 Å². The first-order chi connectivity index (χ1) is 14.7. The first-order valence-corrected chi connectivity index (χ1v) is 9.61. The Morgan fingerprint density at radius 3 is 2.77 bits per heavy atom. The van der Waals surface area contributed by atoms with Gasteiger partial charge in [-0.1, -0.05) is 29.8 Å². The number of benzene rings is 3. The average Bonchev–Trinajstić information content (AvgIpc) is 3.23. The van der Waals surface area contributed by atoms with Gasteiger partial charge in [-0.15, -0.1) is 0 Å². The van der Waals surface area contributed by atoms with Crippen molar-refractivity contribution in [3.63, 3.8) is 0 Å². The number of fused-ring (bicyclic) bond motifs is 2. The van der Waals surface area contributed by atoms with Crippen molar-refractivity contribution in [1.82, 2.24) is 15.0 Å². The highest BCUT2D eigenvalue weighted by Gasteiger charge is 2.12. The highest BCUT2D eigenvalue weighted by molar-refractivity contribution is 6.31. The van der Waals surface area contributed by atoms with Gasteiger partial charge in [0.1, 0.15) is 17.7 Å². The van der Waals surface area contributed by atoms with E-state index in [2.05, 4.69) is 20.3 Å². The highest BCUT2D eigenvalue weighted by Crippen LogP contribution is 2.30. The lowest BCUT2D eigenvalue weighted by Gasteiger charge is -2.10. The number of carbonyl (C=O) groups is 1. The molecule has 0 fully saturated rings. The molecule has 5 aromatic rings. The predicted molar refractivity (Wildman–Crippen MR) is 117 cm³/mol. The van der Waals surface area contributed by atoms with E-state index in [4.69, 9.17) is 16.3 Å². The fourth-order valence-corrected chi connectivity index (χ4v) is 3.52. The van der Waals surface area contributed by atoms with Crippen molar-refractivity contribution in [3.8, 4) is 11.6 Å². The maximum atomic E-state index is 12.8. The zero-order valence-corrected chi connectivity index (χ0v) is 16.4. The van der Waals surface area contributed by atoms with Gasteiger partial charge >= 0.3 is 0 Å². The Kier molecular flexibility index (Phi) is 4.53. The molecule has 3 aromatic carbocycles. The monoisotopic (exact) mass is 414 g/mol. The van der Waals surface area contributed by atoms with Crippen LogP contribution >= 0.6 is 11.6 Å². The summed E-state index contributed by atoms with van der Waals surface area (Å²) in [4.78, 5) is 24.3. The lowest BCUT2D eigenvalue weighted by Crippen LogP contribution is -2.12. The van der Waals surface area contributed by atoms with Crippen LogP contribution in [0.5, 0.6) is 11.6 Å². The summed E-state index contributed by atoms with van der Waals surface area (Å²) in [7, 11) is 0. The molecule has 0 spiro atoms. The number of nitrogens with zero attached hydrogens (tertiary/aromatic N) is 2. The number of nitrogens with one attached hydrogen (secondary N) is 2. The molecule has 0 aliphatic carbocycles. The maximum Gasteiger partial charge on any atom is 0.256 e. The minimum atomic E-state index is -0.207. The van der Waals surface area contributed by atoms with Crippen LogP contribution in [0.25, 0.3) is 21.8 Å². The van der Waals surface area contributed by atoms with Crippen LogP contribution in [-0.2, 0) is 0 Å². The van der Waals surface area contributed by atoms with E-state index in [9.17, 15) is 4.79 Å². The minimum absolute atomic E-state index is 0.207. The van der Waals surface area contributed by atoms with Crippen molar-refractivity contribution in [1.29, 1.82) is 0 Å². The minimum Gasteiger partial charge on any atom is -0.438 e. The van der Waals surface area contributed by atoms with Gasteiger partial charge in [0.2, 0.25) is 5.88 Å². The number of hydrogen-bond acceptors (Lipinski definition) is 4. The normalized spacial score (nSPS) is 11.0. The Balaban J connectivity index is 1.46. The number of ether oxygens (including phenoxy) is 1. The SMILES string of the molecule is O=C(Nc1cccc(Cl)c1)c1cccc2cc(Oc3ncnc4[nH]ccc34)ccc12. The molecular formula is C23H15ClN4O2. The van der Waals surface area contributed by atoms with E-state index in [1.807, 2.05) is 36.4 Å². The van der Waals surface area contributed by atoms with Crippen LogP contribution in [0.2, 0.25) is 5.02 Å². The Morgan fingerprint density at radius 1 is 0.967 bits per heavy atom. The van der Waals surface area contributed by atoms with Crippen molar-refractivity contribution in [3.05, 3.63) is 89.8 Å². The number of amides is 1. The fraction of sp³-hybridized carbons (Fsp3) is 0. The van der Waals surface area contributed by atoms with Crippen molar-refractivity contribution >= 4 is 45.0 Å². The molecule has 30 heavy (non-hydrogen) atoms. The number of carbonyl (C=O) groups excluding carboxylic acids is 1. The number of H-pyrrole nitrogens is 1. The summed E-state index contributed by atoms with van der Waals surface area (Å²) < 4.78 is 5.98.